The Balaban J connectivity index is 2.25. The molecule has 1 aliphatic carbocycles. The zero-order valence-electron chi connectivity index (χ0n) is 13.6. The maximum Gasteiger partial charge on any atom is 0.237 e. The molecule has 1 fully saturated rings. The Morgan fingerprint density at radius 2 is 1.95 bits per heavy atom. The molecule has 0 bridgehead atoms. The van der Waals surface area contributed by atoms with Gasteiger partial charge in [-0.15, -0.1) is 0 Å². The van der Waals surface area contributed by atoms with Gasteiger partial charge < -0.3 is 15.8 Å². The number of amides is 1. The van der Waals surface area contributed by atoms with E-state index in [4.69, 9.17) is 10.5 Å². The van der Waals surface area contributed by atoms with E-state index in [1.165, 1.54) is 25.7 Å². The van der Waals surface area contributed by atoms with Crippen molar-refractivity contribution < 1.29 is 9.53 Å². The van der Waals surface area contributed by atoms with Crippen molar-refractivity contribution in [3.8, 4) is 0 Å². The van der Waals surface area contributed by atoms with Gasteiger partial charge in [0, 0.05) is 12.6 Å². The highest BCUT2D eigenvalue weighted by Gasteiger charge is 2.30. The van der Waals surface area contributed by atoms with Crippen molar-refractivity contribution in [2.45, 2.75) is 83.9 Å². The van der Waals surface area contributed by atoms with E-state index >= 15 is 0 Å². The van der Waals surface area contributed by atoms with Crippen LogP contribution in [-0.4, -0.2) is 30.2 Å². The van der Waals surface area contributed by atoms with Crippen LogP contribution in [-0.2, 0) is 9.53 Å². The van der Waals surface area contributed by atoms with Gasteiger partial charge in [0.25, 0.3) is 0 Å². The Morgan fingerprint density at radius 3 is 2.45 bits per heavy atom. The third-order valence-corrected chi connectivity index (χ3v) is 4.29. The zero-order chi connectivity index (χ0) is 15.2. The van der Waals surface area contributed by atoms with Crippen molar-refractivity contribution in [1.82, 2.24) is 5.32 Å². The summed E-state index contributed by atoms with van der Waals surface area (Å²) in [6.45, 7) is 8.98. The smallest absolute Gasteiger partial charge is 0.237 e. The number of ether oxygens (including phenoxy) is 1. The van der Waals surface area contributed by atoms with Crippen LogP contribution in [0.3, 0.4) is 0 Å². The lowest BCUT2D eigenvalue weighted by Gasteiger charge is -2.30. The van der Waals surface area contributed by atoms with Gasteiger partial charge in [0.2, 0.25) is 5.91 Å². The van der Waals surface area contributed by atoms with E-state index in [0.29, 0.717) is 6.10 Å². The summed E-state index contributed by atoms with van der Waals surface area (Å²) < 4.78 is 5.93. The van der Waals surface area contributed by atoms with Crippen molar-refractivity contribution in [3.63, 3.8) is 0 Å². The average molecular weight is 284 g/mol. The Kier molecular flexibility index (Phi) is 6.96. The Morgan fingerprint density at radius 1 is 1.35 bits per heavy atom. The van der Waals surface area contributed by atoms with Crippen molar-refractivity contribution in [3.05, 3.63) is 0 Å². The molecule has 0 aromatic carbocycles. The molecule has 0 saturated heterocycles. The molecule has 1 amide bonds. The quantitative estimate of drug-likeness (QED) is 0.673. The minimum absolute atomic E-state index is 0.244. The van der Waals surface area contributed by atoms with E-state index in [1.807, 2.05) is 20.8 Å². The molecule has 4 nitrogen and oxygen atoms in total. The number of nitrogens with two attached hydrogens (primary N) is 1. The summed E-state index contributed by atoms with van der Waals surface area (Å²) in [4.78, 5) is 11.6. The standard InChI is InChI=1S/C16H32N2O2/c1-12(2)18-16(4,15(17)19)10-5-11-20-14-8-6-13(3)7-9-14/h12-14,18H,5-11H2,1-4H3,(H2,17,19). The molecule has 1 rings (SSSR count). The first-order valence-corrected chi connectivity index (χ1v) is 8.02. The number of nitrogens with one attached hydrogen (secondary N) is 1. The lowest BCUT2D eigenvalue weighted by molar-refractivity contribution is -0.124. The highest BCUT2D eigenvalue weighted by Crippen LogP contribution is 2.25. The van der Waals surface area contributed by atoms with Crippen molar-refractivity contribution in [2.75, 3.05) is 6.61 Å². The molecular weight excluding hydrogens is 252 g/mol. The lowest BCUT2D eigenvalue weighted by atomic mass is 9.89. The minimum atomic E-state index is -0.626. The first-order chi connectivity index (χ1) is 9.33. The predicted octanol–water partition coefficient (Wildman–Crippen LogP) is 2.60. The number of carbonyl (C=O) groups is 1. The Hall–Kier alpha value is -0.610. The topological polar surface area (TPSA) is 64.3 Å². The van der Waals surface area contributed by atoms with Crippen LogP contribution in [0.15, 0.2) is 0 Å². The lowest BCUT2D eigenvalue weighted by Crippen LogP contribution is -2.55. The van der Waals surface area contributed by atoms with Gasteiger partial charge in [-0.05, 0) is 65.2 Å². The van der Waals surface area contributed by atoms with Crippen molar-refractivity contribution in [2.24, 2.45) is 11.7 Å². The van der Waals surface area contributed by atoms with Crippen LogP contribution in [0.1, 0.15) is 66.2 Å². The van der Waals surface area contributed by atoms with Gasteiger partial charge in [-0.1, -0.05) is 6.92 Å². The largest absolute Gasteiger partial charge is 0.378 e. The maximum atomic E-state index is 11.6. The first kappa shape index (κ1) is 17.4. The van der Waals surface area contributed by atoms with Crippen molar-refractivity contribution >= 4 is 5.91 Å². The van der Waals surface area contributed by atoms with E-state index < -0.39 is 5.54 Å². The average Bonchev–Trinajstić information content (AvgIpc) is 2.36. The maximum absolute atomic E-state index is 11.6. The second-order valence-electron chi connectivity index (χ2n) is 6.85. The predicted molar refractivity (Wildman–Crippen MR) is 82.5 cm³/mol. The fourth-order valence-corrected chi connectivity index (χ4v) is 2.98. The number of carbonyl (C=O) groups excluding carboxylic acids is 1. The minimum Gasteiger partial charge on any atom is -0.378 e. The molecule has 3 N–H and O–H groups in total. The number of hydrogen-bond donors (Lipinski definition) is 2. The molecule has 1 unspecified atom stereocenters. The Labute approximate surface area is 123 Å². The highest BCUT2D eigenvalue weighted by atomic mass is 16.5. The fourth-order valence-electron chi connectivity index (χ4n) is 2.98. The summed E-state index contributed by atoms with van der Waals surface area (Å²) in [5.41, 5.74) is 4.89. The van der Waals surface area contributed by atoms with E-state index in [1.54, 1.807) is 0 Å². The normalized spacial score (nSPS) is 26.4. The van der Waals surface area contributed by atoms with E-state index in [2.05, 4.69) is 12.2 Å². The summed E-state index contributed by atoms with van der Waals surface area (Å²) in [6.07, 6.45) is 6.92. The third kappa shape index (κ3) is 5.80. The molecule has 0 heterocycles. The van der Waals surface area contributed by atoms with Crippen LogP contribution >= 0.6 is 0 Å². The van der Waals surface area contributed by atoms with Crippen LogP contribution in [0.4, 0.5) is 0 Å². The molecule has 118 valence electrons. The van der Waals surface area contributed by atoms with Crippen LogP contribution in [0.5, 0.6) is 0 Å². The summed E-state index contributed by atoms with van der Waals surface area (Å²) in [5, 5.41) is 3.27. The highest BCUT2D eigenvalue weighted by molar-refractivity contribution is 5.84. The zero-order valence-corrected chi connectivity index (χ0v) is 13.6. The molecule has 0 spiro atoms. The van der Waals surface area contributed by atoms with E-state index in [0.717, 1.165) is 25.4 Å². The summed E-state index contributed by atoms with van der Waals surface area (Å²) >= 11 is 0. The molecule has 0 aliphatic heterocycles. The van der Waals surface area contributed by atoms with Gasteiger partial charge >= 0.3 is 0 Å². The molecule has 20 heavy (non-hydrogen) atoms. The van der Waals surface area contributed by atoms with Crippen LogP contribution in [0, 0.1) is 5.92 Å². The molecule has 1 atom stereocenters. The van der Waals surface area contributed by atoms with Crippen LogP contribution in [0.25, 0.3) is 0 Å². The second kappa shape index (κ2) is 7.99. The number of primary amides is 1. The van der Waals surface area contributed by atoms with Crippen molar-refractivity contribution in [1.29, 1.82) is 0 Å². The van der Waals surface area contributed by atoms with Gasteiger partial charge in [0.1, 0.15) is 0 Å². The number of rotatable bonds is 8. The molecule has 0 aromatic rings. The molecule has 0 aromatic heterocycles. The molecular formula is C16H32N2O2. The third-order valence-electron chi connectivity index (χ3n) is 4.29. The van der Waals surface area contributed by atoms with Gasteiger partial charge in [0.15, 0.2) is 0 Å². The van der Waals surface area contributed by atoms with Crippen LogP contribution in [0.2, 0.25) is 0 Å². The monoisotopic (exact) mass is 284 g/mol. The first-order valence-electron chi connectivity index (χ1n) is 8.02. The van der Waals surface area contributed by atoms with Gasteiger partial charge in [0.05, 0.1) is 11.6 Å². The van der Waals surface area contributed by atoms with Gasteiger partial charge in [-0.2, -0.15) is 0 Å². The second-order valence-corrected chi connectivity index (χ2v) is 6.85. The van der Waals surface area contributed by atoms with Gasteiger partial charge in [-0.3, -0.25) is 4.79 Å². The van der Waals surface area contributed by atoms with Gasteiger partial charge in [-0.25, -0.2) is 0 Å². The number of hydrogen-bond acceptors (Lipinski definition) is 3. The fraction of sp³-hybridized carbons (Fsp3) is 0.938. The van der Waals surface area contributed by atoms with E-state index in [-0.39, 0.29) is 11.9 Å². The summed E-state index contributed by atoms with van der Waals surface area (Å²) in [5.74, 6) is 0.570. The summed E-state index contributed by atoms with van der Waals surface area (Å²) in [7, 11) is 0. The SMILES string of the molecule is CC1CCC(OCCCC(C)(NC(C)C)C(N)=O)CC1. The molecule has 4 heteroatoms. The Bertz CT molecular complexity index is 299. The van der Waals surface area contributed by atoms with E-state index in [9.17, 15) is 4.79 Å². The molecule has 0 radical (unpaired) electrons. The van der Waals surface area contributed by atoms with Crippen LogP contribution < -0.4 is 11.1 Å². The molecule has 1 saturated carbocycles. The molecule has 1 aliphatic rings. The summed E-state index contributed by atoms with van der Waals surface area (Å²) in [6, 6.07) is 0.244.